The number of hydrazine groups is 1. The summed E-state index contributed by atoms with van der Waals surface area (Å²) < 4.78 is 15.7. The zero-order chi connectivity index (χ0) is 18.1. The van der Waals surface area contributed by atoms with Gasteiger partial charge in [0.15, 0.2) is 5.84 Å². The molecule has 0 spiro atoms. The average Bonchev–Trinajstić information content (AvgIpc) is 2.67. The third kappa shape index (κ3) is 5.18. The zero-order valence-electron chi connectivity index (χ0n) is 14.5. The van der Waals surface area contributed by atoms with Crippen LogP contribution in [0.1, 0.15) is 5.56 Å². The molecule has 2 aromatic rings. The molecule has 4 N–H and O–H groups in total. The van der Waals surface area contributed by atoms with Gasteiger partial charge in [-0.25, -0.2) is 10.8 Å². The van der Waals surface area contributed by atoms with E-state index in [1.54, 1.807) is 14.2 Å². The molecule has 0 fully saturated rings. The number of nitrogens with two attached hydrogens (primary N) is 2. The molecule has 0 aliphatic rings. The van der Waals surface area contributed by atoms with Crippen molar-refractivity contribution in [3.8, 4) is 11.5 Å². The highest BCUT2D eigenvalue weighted by Gasteiger charge is 2.13. The van der Waals surface area contributed by atoms with Gasteiger partial charge in [0.1, 0.15) is 24.8 Å². The van der Waals surface area contributed by atoms with E-state index in [2.05, 4.69) is 4.99 Å². The van der Waals surface area contributed by atoms with Crippen molar-refractivity contribution in [2.75, 3.05) is 39.1 Å². The fourth-order valence-electron chi connectivity index (χ4n) is 2.17. The van der Waals surface area contributed by atoms with E-state index in [1.165, 1.54) is 5.01 Å². The Morgan fingerprint density at radius 1 is 1.00 bits per heavy atom. The van der Waals surface area contributed by atoms with Gasteiger partial charge in [0.2, 0.25) is 0 Å². The van der Waals surface area contributed by atoms with Crippen LogP contribution in [0.5, 0.6) is 11.5 Å². The molecule has 0 radical (unpaired) electrons. The van der Waals surface area contributed by atoms with Gasteiger partial charge >= 0.3 is 0 Å². The highest BCUT2D eigenvalue weighted by atomic mass is 16.5. The van der Waals surface area contributed by atoms with Crippen LogP contribution in [0.15, 0.2) is 53.5 Å². The number of anilines is 1. The molecule has 0 atom stereocenters. The molecule has 0 aromatic heterocycles. The Bertz CT molecular complexity index is 672. The third-order valence-electron chi connectivity index (χ3n) is 3.42. The van der Waals surface area contributed by atoms with E-state index < -0.39 is 0 Å². The van der Waals surface area contributed by atoms with E-state index in [-0.39, 0.29) is 6.73 Å². The molecule has 0 aliphatic carbocycles. The van der Waals surface area contributed by atoms with Gasteiger partial charge in [0, 0.05) is 19.2 Å². The smallest absolute Gasteiger partial charge is 0.152 e. The average molecular weight is 344 g/mol. The predicted octanol–water partition coefficient (Wildman–Crippen LogP) is 1.76. The van der Waals surface area contributed by atoms with Gasteiger partial charge in [0.25, 0.3) is 0 Å². The summed E-state index contributed by atoms with van der Waals surface area (Å²) in [5.41, 5.74) is 7.06. The number of amidine groups is 1. The Hall–Kier alpha value is -2.61. The number of benzene rings is 2. The topological polar surface area (TPSA) is 95.3 Å². The molecule has 0 unspecified atom stereocenters. The first kappa shape index (κ1) is 18.7. The fourth-order valence-corrected chi connectivity index (χ4v) is 2.17. The van der Waals surface area contributed by atoms with Gasteiger partial charge in [-0.1, -0.05) is 0 Å². The standard InChI is InChI=1S/C18H24N4O3/c1-23-13-21-18(14-3-7-17(8-4-14)25-12-11-19)22(20)15-5-9-16(24-2)10-6-15/h3-10H,11-13,19-20H2,1-2H3/b21-18-. The molecule has 2 aromatic carbocycles. The monoisotopic (exact) mass is 344 g/mol. The lowest BCUT2D eigenvalue weighted by Crippen LogP contribution is -2.38. The first-order valence-corrected chi connectivity index (χ1v) is 7.85. The number of nitrogens with zero attached hydrogens (tertiary/aromatic N) is 2. The first-order chi connectivity index (χ1) is 12.2. The SMILES string of the molecule is COC/N=C(/c1ccc(OCCN)cc1)N(N)c1ccc(OC)cc1. The molecule has 0 amide bonds. The molecular weight excluding hydrogens is 320 g/mol. The number of methoxy groups -OCH3 is 2. The Labute approximate surface area is 147 Å². The van der Waals surface area contributed by atoms with Crippen molar-refractivity contribution < 1.29 is 14.2 Å². The third-order valence-corrected chi connectivity index (χ3v) is 3.42. The second-order valence-corrected chi connectivity index (χ2v) is 5.13. The first-order valence-electron chi connectivity index (χ1n) is 7.85. The summed E-state index contributed by atoms with van der Waals surface area (Å²) in [7, 11) is 3.20. The minimum Gasteiger partial charge on any atom is -0.497 e. The molecule has 7 heteroatoms. The highest BCUT2D eigenvalue weighted by molar-refractivity contribution is 6.09. The van der Waals surface area contributed by atoms with Crippen LogP contribution in [0, 0.1) is 0 Å². The molecule has 25 heavy (non-hydrogen) atoms. The van der Waals surface area contributed by atoms with Crippen molar-refractivity contribution in [1.82, 2.24) is 0 Å². The van der Waals surface area contributed by atoms with Gasteiger partial charge in [0.05, 0.1) is 12.8 Å². The second kappa shape index (κ2) is 9.63. The summed E-state index contributed by atoms with van der Waals surface area (Å²) in [5.74, 6) is 8.36. The maximum absolute atomic E-state index is 6.28. The van der Waals surface area contributed by atoms with Crippen LogP contribution >= 0.6 is 0 Å². The summed E-state index contributed by atoms with van der Waals surface area (Å²) in [4.78, 5) is 4.43. The lowest BCUT2D eigenvalue weighted by Gasteiger charge is -2.21. The Balaban J connectivity index is 2.25. The molecule has 0 heterocycles. The minimum absolute atomic E-state index is 0.199. The van der Waals surface area contributed by atoms with E-state index in [0.29, 0.717) is 19.0 Å². The summed E-state index contributed by atoms with van der Waals surface area (Å²) in [5, 5.41) is 1.51. The molecule has 0 saturated heterocycles. The lowest BCUT2D eigenvalue weighted by atomic mass is 10.1. The zero-order valence-corrected chi connectivity index (χ0v) is 14.5. The predicted molar refractivity (Wildman–Crippen MR) is 99.1 cm³/mol. The summed E-state index contributed by atoms with van der Waals surface area (Å²) in [6.07, 6.45) is 0. The molecule has 0 aliphatic heterocycles. The minimum atomic E-state index is 0.199. The van der Waals surface area contributed by atoms with Crippen LogP contribution in [0.25, 0.3) is 0 Å². The van der Waals surface area contributed by atoms with Gasteiger partial charge in [-0.15, -0.1) is 0 Å². The normalized spacial score (nSPS) is 11.3. The lowest BCUT2D eigenvalue weighted by molar-refractivity contribution is 0.209. The van der Waals surface area contributed by atoms with Crippen molar-refractivity contribution in [2.24, 2.45) is 16.6 Å². The number of ether oxygens (including phenoxy) is 3. The molecule has 2 rings (SSSR count). The van der Waals surface area contributed by atoms with Crippen molar-refractivity contribution >= 4 is 11.5 Å². The maximum atomic E-state index is 6.28. The van der Waals surface area contributed by atoms with E-state index in [4.69, 9.17) is 25.8 Å². The molecule has 134 valence electrons. The van der Waals surface area contributed by atoms with Crippen LogP contribution in [0.2, 0.25) is 0 Å². The summed E-state index contributed by atoms with van der Waals surface area (Å²) in [6.45, 7) is 1.14. The van der Waals surface area contributed by atoms with E-state index in [9.17, 15) is 0 Å². The maximum Gasteiger partial charge on any atom is 0.152 e. The Morgan fingerprint density at radius 2 is 1.64 bits per heavy atom. The van der Waals surface area contributed by atoms with Crippen molar-refractivity contribution in [2.45, 2.75) is 0 Å². The van der Waals surface area contributed by atoms with Crippen LogP contribution in [-0.4, -0.2) is 39.9 Å². The second-order valence-electron chi connectivity index (χ2n) is 5.13. The van der Waals surface area contributed by atoms with E-state index in [1.807, 2.05) is 48.5 Å². The number of hydrogen-bond acceptors (Lipinski definition) is 6. The van der Waals surface area contributed by atoms with Crippen molar-refractivity contribution in [3.63, 3.8) is 0 Å². The van der Waals surface area contributed by atoms with Gasteiger partial charge in [-0.05, 0) is 48.5 Å². The number of hydrogen-bond donors (Lipinski definition) is 2. The summed E-state index contributed by atoms with van der Waals surface area (Å²) >= 11 is 0. The van der Waals surface area contributed by atoms with Gasteiger partial charge < -0.3 is 19.9 Å². The Morgan fingerprint density at radius 3 is 2.20 bits per heavy atom. The number of aliphatic imine (C=N–C) groups is 1. The van der Waals surface area contributed by atoms with E-state index >= 15 is 0 Å². The van der Waals surface area contributed by atoms with Crippen LogP contribution in [0.3, 0.4) is 0 Å². The highest BCUT2D eigenvalue weighted by Crippen LogP contribution is 2.20. The molecule has 0 bridgehead atoms. The largest absolute Gasteiger partial charge is 0.497 e. The van der Waals surface area contributed by atoms with Crippen LogP contribution < -0.4 is 26.1 Å². The van der Waals surface area contributed by atoms with Crippen LogP contribution in [0.4, 0.5) is 5.69 Å². The quantitative estimate of drug-likeness (QED) is 0.328. The summed E-state index contributed by atoms with van der Waals surface area (Å²) in [6, 6.07) is 14.9. The van der Waals surface area contributed by atoms with Gasteiger partial charge in [-0.2, -0.15) is 0 Å². The Kier molecular flexibility index (Phi) is 7.21. The molecular formula is C18H24N4O3. The number of rotatable bonds is 8. The fraction of sp³-hybridized carbons (Fsp3) is 0.278. The van der Waals surface area contributed by atoms with Crippen molar-refractivity contribution in [1.29, 1.82) is 0 Å². The van der Waals surface area contributed by atoms with Gasteiger partial charge in [-0.3, -0.25) is 5.01 Å². The molecule has 0 saturated carbocycles. The van der Waals surface area contributed by atoms with Crippen LogP contribution in [-0.2, 0) is 4.74 Å². The molecule has 7 nitrogen and oxygen atoms in total. The van der Waals surface area contributed by atoms with E-state index in [0.717, 1.165) is 22.7 Å². The van der Waals surface area contributed by atoms with Crippen molar-refractivity contribution in [3.05, 3.63) is 54.1 Å².